The van der Waals surface area contributed by atoms with E-state index in [2.05, 4.69) is 32.3 Å². The molecule has 0 bridgehead atoms. The summed E-state index contributed by atoms with van der Waals surface area (Å²) in [6.07, 6.45) is 1.87. The van der Waals surface area contributed by atoms with Crippen LogP contribution in [-0.4, -0.2) is 4.98 Å². The fourth-order valence-electron chi connectivity index (χ4n) is 1.43. The number of nitrogens with zero attached hydrogens (tertiary/aromatic N) is 1. The lowest BCUT2D eigenvalue weighted by molar-refractivity contribution is 1.08. The molecule has 1 aromatic carbocycles. The highest BCUT2D eigenvalue weighted by atomic mass is 79.9. The first kappa shape index (κ1) is 12.4. The standard InChI is InChI=1S/C13H12BrClN2/c1-9-2-3-10(7-16-9)8-17-13-6-11(14)4-5-12(13)15/h2-7,17H,8H2,1H3. The Morgan fingerprint density at radius 3 is 2.82 bits per heavy atom. The van der Waals surface area contributed by atoms with Gasteiger partial charge in [-0.05, 0) is 36.8 Å². The van der Waals surface area contributed by atoms with Crippen molar-refractivity contribution in [3.63, 3.8) is 0 Å². The Hall–Kier alpha value is -1.06. The van der Waals surface area contributed by atoms with Gasteiger partial charge in [0.1, 0.15) is 0 Å². The molecule has 0 radical (unpaired) electrons. The van der Waals surface area contributed by atoms with Crippen LogP contribution in [0.15, 0.2) is 41.0 Å². The Balaban J connectivity index is 2.07. The van der Waals surface area contributed by atoms with Crippen molar-refractivity contribution in [3.8, 4) is 0 Å². The lowest BCUT2D eigenvalue weighted by Gasteiger charge is -2.08. The first-order valence-corrected chi connectivity index (χ1v) is 6.43. The molecular formula is C13H12BrClN2. The maximum absolute atomic E-state index is 6.09. The quantitative estimate of drug-likeness (QED) is 0.907. The van der Waals surface area contributed by atoms with Gasteiger partial charge < -0.3 is 5.32 Å². The minimum absolute atomic E-state index is 0.712. The number of nitrogens with one attached hydrogen (secondary N) is 1. The molecule has 0 saturated carbocycles. The molecule has 0 atom stereocenters. The van der Waals surface area contributed by atoms with Gasteiger partial charge in [-0.3, -0.25) is 4.98 Å². The zero-order chi connectivity index (χ0) is 12.3. The van der Waals surface area contributed by atoms with Crippen LogP contribution in [0, 0.1) is 6.92 Å². The smallest absolute Gasteiger partial charge is 0.0638 e. The molecule has 17 heavy (non-hydrogen) atoms. The molecule has 0 aliphatic heterocycles. The molecule has 1 heterocycles. The zero-order valence-corrected chi connectivity index (χ0v) is 11.7. The molecule has 0 spiro atoms. The summed E-state index contributed by atoms with van der Waals surface area (Å²) in [6.45, 7) is 2.69. The number of benzene rings is 1. The van der Waals surface area contributed by atoms with Crippen LogP contribution < -0.4 is 5.32 Å². The Morgan fingerprint density at radius 1 is 1.29 bits per heavy atom. The van der Waals surface area contributed by atoms with Crippen molar-refractivity contribution in [2.24, 2.45) is 0 Å². The minimum atomic E-state index is 0.712. The highest BCUT2D eigenvalue weighted by Crippen LogP contribution is 2.26. The van der Waals surface area contributed by atoms with Gasteiger partial charge in [0, 0.05) is 22.9 Å². The largest absolute Gasteiger partial charge is 0.380 e. The summed E-state index contributed by atoms with van der Waals surface area (Å²) in [6, 6.07) is 9.80. The number of rotatable bonds is 3. The van der Waals surface area contributed by atoms with Crippen LogP contribution in [-0.2, 0) is 6.54 Å². The van der Waals surface area contributed by atoms with E-state index in [9.17, 15) is 0 Å². The fraction of sp³-hybridized carbons (Fsp3) is 0.154. The maximum atomic E-state index is 6.09. The minimum Gasteiger partial charge on any atom is -0.380 e. The second-order valence-electron chi connectivity index (χ2n) is 3.79. The van der Waals surface area contributed by atoms with E-state index < -0.39 is 0 Å². The van der Waals surface area contributed by atoms with E-state index in [1.54, 1.807) is 0 Å². The molecule has 88 valence electrons. The SMILES string of the molecule is Cc1ccc(CNc2cc(Br)ccc2Cl)cn1. The zero-order valence-electron chi connectivity index (χ0n) is 9.37. The molecule has 0 aliphatic rings. The Bertz CT molecular complexity index is 511. The average Bonchev–Trinajstić information content (AvgIpc) is 2.32. The second kappa shape index (κ2) is 5.52. The third-order valence-corrected chi connectivity index (χ3v) is 3.21. The van der Waals surface area contributed by atoms with E-state index in [0.29, 0.717) is 11.6 Å². The topological polar surface area (TPSA) is 24.9 Å². The van der Waals surface area contributed by atoms with Gasteiger partial charge in [0.15, 0.2) is 0 Å². The van der Waals surface area contributed by atoms with Gasteiger partial charge in [-0.2, -0.15) is 0 Å². The normalized spacial score (nSPS) is 10.3. The van der Waals surface area contributed by atoms with Gasteiger partial charge in [-0.1, -0.05) is 33.6 Å². The van der Waals surface area contributed by atoms with Gasteiger partial charge in [0.25, 0.3) is 0 Å². The van der Waals surface area contributed by atoms with Crippen LogP contribution in [0.4, 0.5) is 5.69 Å². The van der Waals surface area contributed by atoms with Crippen LogP contribution in [0.25, 0.3) is 0 Å². The maximum Gasteiger partial charge on any atom is 0.0638 e. The van der Waals surface area contributed by atoms with Crippen LogP contribution in [0.3, 0.4) is 0 Å². The van der Waals surface area contributed by atoms with Crippen molar-refractivity contribution in [1.82, 2.24) is 4.98 Å². The van der Waals surface area contributed by atoms with Crippen LogP contribution >= 0.6 is 27.5 Å². The van der Waals surface area contributed by atoms with Crippen LogP contribution in [0.2, 0.25) is 5.02 Å². The molecule has 0 unspecified atom stereocenters. The van der Waals surface area contributed by atoms with Crippen molar-refractivity contribution in [3.05, 3.63) is 57.3 Å². The number of halogens is 2. The predicted octanol–water partition coefficient (Wildman–Crippen LogP) is 4.42. The summed E-state index contributed by atoms with van der Waals surface area (Å²) in [7, 11) is 0. The highest BCUT2D eigenvalue weighted by molar-refractivity contribution is 9.10. The highest BCUT2D eigenvalue weighted by Gasteiger charge is 2.01. The predicted molar refractivity (Wildman–Crippen MR) is 75.5 cm³/mol. The molecule has 1 N–H and O–H groups in total. The fourth-order valence-corrected chi connectivity index (χ4v) is 1.98. The summed E-state index contributed by atoms with van der Waals surface area (Å²) in [5.41, 5.74) is 3.07. The lowest BCUT2D eigenvalue weighted by Crippen LogP contribution is -2.00. The summed E-state index contributed by atoms with van der Waals surface area (Å²) in [4.78, 5) is 4.25. The molecule has 0 saturated heterocycles. The Morgan fingerprint density at radius 2 is 2.12 bits per heavy atom. The molecule has 2 rings (SSSR count). The van der Waals surface area contributed by atoms with Gasteiger partial charge >= 0.3 is 0 Å². The first-order valence-electron chi connectivity index (χ1n) is 5.25. The van der Waals surface area contributed by atoms with Crippen molar-refractivity contribution in [2.75, 3.05) is 5.32 Å². The number of anilines is 1. The molecule has 2 nitrogen and oxygen atoms in total. The third-order valence-electron chi connectivity index (χ3n) is 2.38. The molecule has 2 aromatic rings. The van der Waals surface area contributed by atoms with E-state index in [-0.39, 0.29) is 0 Å². The third kappa shape index (κ3) is 3.45. The number of pyridine rings is 1. The Kier molecular flexibility index (Phi) is 4.02. The van der Waals surface area contributed by atoms with Gasteiger partial charge in [0.05, 0.1) is 10.7 Å². The molecule has 0 aliphatic carbocycles. The first-order chi connectivity index (χ1) is 8.15. The van der Waals surface area contributed by atoms with Crippen molar-refractivity contribution >= 4 is 33.2 Å². The van der Waals surface area contributed by atoms with Crippen LogP contribution in [0.5, 0.6) is 0 Å². The lowest BCUT2D eigenvalue weighted by atomic mass is 10.2. The van der Waals surface area contributed by atoms with E-state index in [1.165, 1.54) is 0 Å². The van der Waals surface area contributed by atoms with Gasteiger partial charge in [-0.15, -0.1) is 0 Å². The molecule has 4 heteroatoms. The van der Waals surface area contributed by atoms with Crippen molar-refractivity contribution in [2.45, 2.75) is 13.5 Å². The molecule has 0 fully saturated rings. The number of hydrogen-bond donors (Lipinski definition) is 1. The Labute approximate surface area is 114 Å². The van der Waals surface area contributed by atoms with Gasteiger partial charge in [-0.25, -0.2) is 0 Å². The summed E-state index contributed by atoms with van der Waals surface area (Å²) in [5.74, 6) is 0. The molecular weight excluding hydrogens is 300 g/mol. The number of aromatic nitrogens is 1. The van der Waals surface area contributed by atoms with E-state index in [1.807, 2.05) is 37.4 Å². The second-order valence-corrected chi connectivity index (χ2v) is 5.11. The monoisotopic (exact) mass is 310 g/mol. The molecule has 0 amide bonds. The van der Waals surface area contributed by atoms with E-state index in [0.717, 1.165) is 21.4 Å². The van der Waals surface area contributed by atoms with Crippen molar-refractivity contribution < 1.29 is 0 Å². The summed E-state index contributed by atoms with van der Waals surface area (Å²) < 4.78 is 1.01. The molecule has 1 aromatic heterocycles. The average molecular weight is 312 g/mol. The van der Waals surface area contributed by atoms with E-state index >= 15 is 0 Å². The summed E-state index contributed by atoms with van der Waals surface area (Å²) in [5, 5.41) is 4.00. The van der Waals surface area contributed by atoms with Crippen LogP contribution in [0.1, 0.15) is 11.3 Å². The summed E-state index contributed by atoms with van der Waals surface area (Å²) >= 11 is 9.51. The number of aryl methyl sites for hydroxylation is 1. The number of hydrogen-bond acceptors (Lipinski definition) is 2. The van der Waals surface area contributed by atoms with Gasteiger partial charge in [0.2, 0.25) is 0 Å². The van der Waals surface area contributed by atoms with Crippen molar-refractivity contribution in [1.29, 1.82) is 0 Å². The van der Waals surface area contributed by atoms with E-state index in [4.69, 9.17) is 11.6 Å².